The molecule has 1 aromatic carbocycles. The molecule has 0 spiro atoms. The molecular weight excluding hydrogens is 336 g/mol. The fourth-order valence-electron chi connectivity index (χ4n) is 3.83. The third kappa shape index (κ3) is 4.25. The third-order valence-electron chi connectivity index (χ3n) is 5.07. The van der Waals surface area contributed by atoms with Crippen LogP contribution in [0.2, 0.25) is 0 Å². The molecule has 0 radical (unpaired) electrons. The van der Waals surface area contributed by atoms with E-state index in [4.69, 9.17) is 15.7 Å². The summed E-state index contributed by atoms with van der Waals surface area (Å²) in [7, 11) is 0. The summed E-state index contributed by atoms with van der Waals surface area (Å²) in [5.41, 5.74) is 6.76. The maximum atomic E-state index is 11.2. The van der Waals surface area contributed by atoms with Crippen molar-refractivity contribution < 1.29 is 19.7 Å². The molecule has 8 nitrogen and oxygen atoms in total. The van der Waals surface area contributed by atoms with Gasteiger partial charge in [0.2, 0.25) is 0 Å². The highest BCUT2D eigenvalue weighted by atomic mass is 16.5. The van der Waals surface area contributed by atoms with E-state index in [1.165, 1.54) is 4.90 Å². The Hall–Kier alpha value is -2.34. The molecule has 0 aromatic heterocycles. The van der Waals surface area contributed by atoms with Gasteiger partial charge in [0.1, 0.15) is 12.4 Å². The Labute approximate surface area is 152 Å². The highest BCUT2D eigenvalue weighted by molar-refractivity contribution is 5.65. The lowest BCUT2D eigenvalue weighted by atomic mass is 9.81. The number of rotatable bonds is 5. The average molecular weight is 360 g/mol. The Balaban J connectivity index is 1.48. The molecule has 3 atom stereocenters. The molecular formula is C18H24N4O4. The maximum absolute atomic E-state index is 11.2. The molecule has 0 aliphatic carbocycles. The summed E-state index contributed by atoms with van der Waals surface area (Å²) >= 11 is 0. The molecule has 4 N–H and O–H groups in total. The first-order valence-corrected chi connectivity index (χ1v) is 8.73. The summed E-state index contributed by atoms with van der Waals surface area (Å²) in [4.78, 5) is 14.8. The van der Waals surface area contributed by atoms with Crippen molar-refractivity contribution in [1.82, 2.24) is 9.80 Å². The van der Waals surface area contributed by atoms with E-state index in [2.05, 4.69) is 11.0 Å². The second kappa shape index (κ2) is 7.91. The molecule has 26 heavy (non-hydrogen) atoms. The molecule has 2 aliphatic heterocycles. The van der Waals surface area contributed by atoms with E-state index in [-0.39, 0.29) is 17.9 Å². The van der Waals surface area contributed by atoms with Crippen molar-refractivity contribution in [1.29, 1.82) is 5.26 Å². The van der Waals surface area contributed by atoms with Crippen molar-refractivity contribution in [2.75, 3.05) is 39.3 Å². The summed E-state index contributed by atoms with van der Waals surface area (Å²) in [5, 5.41) is 28.3. The molecule has 2 heterocycles. The van der Waals surface area contributed by atoms with Crippen molar-refractivity contribution >= 4 is 6.09 Å². The fourth-order valence-corrected chi connectivity index (χ4v) is 3.83. The quantitative estimate of drug-likeness (QED) is 0.684. The van der Waals surface area contributed by atoms with Crippen LogP contribution in [0.15, 0.2) is 24.3 Å². The number of nitriles is 1. The van der Waals surface area contributed by atoms with Crippen molar-refractivity contribution in [3.63, 3.8) is 0 Å². The number of likely N-dealkylation sites (tertiary alicyclic amines) is 2. The number of hydrogen-bond acceptors (Lipinski definition) is 6. The lowest BCUT2D eigenvalue weighted by molar-refractivity contribution is -0.0728. The van der Waals surface area contributed by atoms with Gasteiger partial charge in [-0.3, -0.25) is 0 Å². The third-order valence-corrected chi connectivity index (χ3v) is 5.07. The highest BCUT2D eigenvalue weighted by Crippen LogP contribution is 2.29. The van der Waals surface area contributed by atoms with E-state index in [9.17, 15) is 15.0 Å². The van der Waals surface area contributed by atoms with Gasteiger partial charge in [-0.05, 0) is 24.3 Å². The van der Waals surface area contributed by atoms with Gasteiger partial charge in [0.15, 0.2) is 0 Å². The Kier molecular flexibility index (Phi) is 5.61. The van der Waals surface area contributed by atoms with Crippen LogP contribution >= 0.6 is 0 Å². The number of nitrogens with two attached hydrogens (primary N) is 1. The van der Waals surface area contributed by atoms with Gasteiger partial charge in [0.25, 0.3) is 0 Å². The number of hydrogen-bond donors (Lipinski definition) is 3. The molecule has 1 aromatic rings. The lowest BCUT2D eigenvalue weighted by Crippen LogP contribution is -2.62. The largest absolute Gasteiger partial charge is 0.492 e. The summed E-state index contributed by atoms with van der Waals surface area (Å²) in [6, 6.07) is 8.74. The minimum Gasteiger partial charge on any atom is -0.492 e. The Bertz CT molecular complexity index is 659. The van der Waals surface area contributed by atoms with Gasteiger partial charge in [0, 0.05) is 44.6 Å². The number of aliphatic hydroxyl groups is 1. The summed E-state index contributed by atoms with van der Waals surface area (Å²) in [5.74, 6) is 0.512. The van der Waals surface area contributed by atoms with E-state index in [1.54, 1.807) is 24.3 Å². The predicted molar refractivity (Wildman–Crippen MR) is 93.7 cm³/mol. The number of nitrogens with zero attached hydrogens (tertiary/aromatic N) is 3. The van der Waals surface area contributed by atoms with Crippen LogP contribution < -0.4 is 10.5 Å². The molecule has 3 unspecified atom stereocenters. The van der Waals surface area contributed by atoms with E-state index in [0.717, 1.165) is 0 Å². The minimum atomic E-state index is -0.923. The smallest absolute Gasteiger partial charge is 0.407 e. The number of amides is 1. The highest BCUT2D eigenvalue weighted by Gasteiger charge is 2.42. The second-order valence-corrected chi connectivity index (χ2v) is 7.12. The van der Waals surface area contributed by atoms with Crippen molar-refractivity contribution in [3.05, 3.63) is 29.8 Å². The predicted octanol–water partition coefficient (Wildman–Crippen LogP) is 0.167. The van der Waals surface area contributed by atoms with Gasteiger partial charge in [-0.25, -0.2) is 4.79 Å². The first-order valence-electron chi connectivity index (χ1n) is 8.73. The monoisotopic (exact) mass is 360 g/mol. The molecule has 2 bridgehead atoms. The van der Waals surface area contributed by atoms with Gasteiger partial charge >= 0.3 is 6.09 Å². The maximum Gasteiger partial charge on any atom is 0.407 e. The topological polar surface area (TPSA) is 123 Å². The van der Waals surface area contributed by atoms with Crippen molar-refractivity contribution in [2.24, 2.45) is 17.6 Å². The second-order valence-electron chi connectivity index (χ2n) is 7.12. The SMILES string of the molecule is N#Cc1ccc(OCC(N)CN2CC3CN(C(=O)O)CC(C2)C3O)cc1. The zero-order valence-electron chi connectivity index (χ0n) is 14.5. The van der Waals surface area contributed by atoms with Crippen molar-refractivity contribution in [3.8, 4) is 11.8 Å². The van der Waals surface area contributed by atoms with Crippen LogP contribution in [-0.2, 0) is 0 Å². The summed E-state index contributed by atoms with van der Waals surface area (Å²) in [6.45, 7) is 2.96. The Morgan fingerprint density at radius 1 is 1.27 bits per heavy atom. The number of benzene rings is 1. The molecule has 2 saturated heterocycles. The van der Waals surface area contributed by atoms with Gasteiger partial charge < -0.3 is 30.5 Å². The standard InChI is InChI=1S/C18H24N4O4/c19-5-12-1-3-16(4-2-12)26-11-15(20)10-21-6-13-8-22(18(24)25)9-14(7-21)17(13)23/h1-4,13-15,17,23H,6-11,20H2,(H,24,25). The number of ether oxygens (including phenoxy) is 1. The van der Waals surface area contributed by atoms with Crippen LogP contribution in [0.25, 0.3) is 0 Å². The number of piperidine rings is 2. The molecule has 2 fully saturated rings. The normalized spacial score (nSPS) is 26.8. The van der Waals surface area contributed by atoms with Crippen LogP contribution in [0, 0.1) is 23.2 Å². The van der Waals surface area contributed by atoms with Crippen LogP contribution in [0.5, 0.6) is 5.75 Å². The molecule has 140 valence electrons. The van der Waals surface area contributed by atoms with Gasteiger partial charge in [0.05, 0.1) is 23.8 Å². The molecule has 1 amide bonds. The van der Waals surface area contributed by atoms with Gasteiger partial charge in [-0.2, -0.15) is 5.26 Å². The molecule has 3 rings (SSSR count). The lowest BCUT2D eigenvalue weighted by Gasteiger charge is -2.48. The number of fused-ring (bicyclic) bond motifs is 2. The molecule has 8 heteroatoms. The fraction of sp³-hybridized carbons (Fsp3) is 0.556. The Morgan fingerprint density at radius 3 is 2.42 bits per heavy atom. The Morgan fingerprint density at radius 2 is 1.88 bits per heavy atom. The van der Waals surface area contributed by atoms with E-state index in [1.807, 2.05) is 0 Å². The molecule has 2 aliphatic rings. The number of aliphatic hydroxyl groups excluding tert-OH is 1. The zero-order valence-corrected chi connectivity index (χ0v) is 14.5. The number of carbonyl (C=O) groups is 1. The molecule has 0 saturated carbocycles. The number of carboxylic acid groups (broad SMARTS) is 1. The van der Waals surface area contributed by atoms with Crippen LogP contribution in [0.4, 0.5) is 4.79 Å². The average Bonchev–Trinajstić information content (AvgIpc) is 2.61. The van der Waals surface area contributed by atoms with Gasteiger partial charge in [-0.15, -0.1) is 0 Å². The van der Waals surface area contributed by atoms with Gasteiger partial charge in [-0.1, -0.05) is 0 Å². The van der Waals surface area contributed by atoms with Crippen LogP contribution in [0.3, 0.4) is 0 Å². The first-order chi connectivity index (χ1) is 12.5. The van der Waals surface area contributed by atoms with E-state index < -0.39 is 12.2 Å². The zero-order chi connectivity index (χ0) is 18.7. The van der Waals surface area contributed by atoms with Crippen LogP contribution in [0.1, 0.15) is 5.56 Å². The van der Waals surface area contributed by atoms with Crippen molar-refractivity contribution in [2.45, 2.75) is 12.1 Å². The van der Waals surface area contributed by atoms with Crippen LogP contribution in [-0.4, -0.2) is 77.6 Å². The first kappa shape index (κ1) is 18.5. The summed E-state index contributed by atoms with van der Waals surface area (Å²) in [6.07, 6.45) is -1.37. The van der Waals surface area contributed by atoms with E-state index >= 15 is 0 Å². The van der Waals surface area contributed by atoms with E-state index in [0.29, 0.717) is 50.6 Å². The minimum absolute atomic E-state index is 0.0785. The summed E-state index contributed by atoms with van der Waals surface area (Å²) < 4.78 is 5.68.